The second kappa shape index (κ2) is 11.2. The lowest BCUT2D eigenvalue weighted by atomic mass is 10.1. The van der Waals surface area contributed by atoms with Crippen LogP contribution >= 0.6 is 12.6 Å². The van der Waals surface area contributed by atoms with Crippen LogP contribution in [0.3, 0.4) is 0 Å². The molecule has 0 atom stereocenters. The van der Waals surface area contributed by atoms with Crippen molar-refractivity contribution >= 4 is 34.9 Å². The van der Waals surface area contributed by atoms with Gasteiger partial charge < -0.3 is 20.4 Å². The highest BCUT2D eigenvalue weighted by atomic mass is 32.1. The fourth-order valence-electron chi connectivity index (χ4n) is 3.35. The van der Waals surface area contributed by atoms with Crippen molar-refractivity contribution in [3.63, 3.8) is 0 Å². The zero-order chi connectivity index (χ0) is 22.9. The Labute approximate surface area is 199 Å². The fraction of sp³-hybridized carbons (Fsp3) is 0.0741. The average Bonchev–Trinajstić information content (AvgIpc) is 3.24. The largest absolute Gasteiger partial charge is 0.457 e. The van der Waals surface area contributed by atoms with E-state index >= 15 is 0 Å². The van der Waals surface area contributed by atoms with E-state index < -0.39 is 0 Å². The van der Waals surface area contributed by atoms with Gasteiger partial charge in [0.25, 0.3) is 0 Å². The highest BCUT2D eigenvalue weighted by Gasteiger charge is 2.04. The van der Waals surface area contributed by atoms with Crippen LogP contribution in [-0.2, 0) is 6.54 Å². The van der Waals surface area contributed by atoms with E-state index in [1.165, 1.54) is 10.9 Å². The Kier molecular flexibility index (Phi) is 7.64. The van der Waals surface area contributed by atoms with Crippen molar-refractivity contribution in [2.75, 3.05) is 12.4 Å². The van der Waals surface area contributed by atoms with Crippen LogP contribution < -0.4 is 15.4 Å². The molecule has 5 nitrogen and oxygen atoms in total. The van der Waals surface area contributed by atoms with Crippen molar-refractivity contribution in [3.05, 3.63) is 109 Å². The Morgan fingerprint density at radius 3 is 2.30 bits per heavy atom. The fourth-order valence-corrected chi connectivity index (χ4v) is 3.50. The van der Waals surface area contributed by atoms with Gasteiger partial charge in [-0.1, -0.05) is 24.3 Å². The van der Waals surface area contributed by atoms with Crippen LogP contribution in [0.1, 0.15) is 5.56 Å². The maximum absolute atomic E-state index is 5.83. The first-order chi connectivity index (χ1) is 16.2. The van der Waals surface area contributed by atoms with Gasteiger partial charge in [-0.05, 0) is 73.3 Å². The summed E-state index contributed by atoms with van der Waals surface area (Å²) in [5, 5.41) is 7.88. The number of benzene rings is 3. The number of para-hydroxylation sites is 1. The minimum atomic E-state index is 0.818. The van der Waals surface area contributed by atoms with Crippen molar-refractivity contribution in [1.29, 1.82) is 0 Å². The van der Waals surface area contributed by atoms with E-state index in [-0.39, 0.29) is 0 Å². The molecule has 0 bridgehead atoms. The SMILES string of the molecule is CNCc1c[nH]c2cc(Nc3ccc(Oc4ccccc4)cc3)ccc12.Sc1cccnc1. The van der Waals surface area contributed by atoms with Crippen molar-refractivity contribution in [2.45, 2.75) is 11.4 Å². The molecule has 0 fully saturated rings. The van der Waals surface area contributed by atoms with Crippen molar-refractivity contribution in [1.82, 2.24) is 15.3 Å². The van der Waals surface area contributed by atoms with Gasteiger partial charge in [0, 0.05) is 52.3 Å². The van der Waals surface area contributed by atoms with Crippen molar-refractivity contribution in [2.24, 2.45) is 0 Å². The number of ether oxygens (including phenoxy) is 1. The number of hydrogen-bond acceptors (Lipinski definition) is 5. The van der Waals surface area contributed by atoms with Gasteiger partial charge in [0.1, 0.15) is 11.5 Å². The Balaban J connectivity index is 0.000000318. The minimum Gasteiger partial charge on any atom is -0.457 e. The maximum Gasteiger partial charge on any atom is 0.127 e. The number of thiol groups is 1. The summed E-state index contributed by atoms with van der Waals surface area (Å²) in [6, 6.07) is 27.9. The van der Waals surface area contributed by atoms with Gasteiger partial charge in [-0.25, -0.2) is 0 Å². The van der Waals surface area contributed by atoms with Crippen LogP contribution in [0, 0.1) is 0 Å². The summed E-state index contributed by atoms with van der Waals surface area (Å²) < 4.78 is 5.83. The Morgan fingerprint density at radius 2 is 1.64 bits per heavy atom. The Bertz CT molecular complexity index is 1270. The van der Waals surface area contributed by atoms with Gasteiger partial charge in [-0.2, -0.15) is 0 Å². The summed E-state index contributed by atoms with van der Waals surface area (Å²) in [5.74, 6) is 1.65. The van der Waals surface area contributed by atoms with Crippen molar-refractivity contribution in [3.8, 4) is 11.5 Å². The van der Waals surface area contributed by atoms with Crippen LogP contribution in [0.5, 0.6) is 11.5 Å². The molecule has 0 saturated carbocycles. The smallest absolute Gasteiger partial charge is 0.127 e. The van der Waals surface area contributed by atoms with Crippen LogP contribution in [0.25, 0.3) is 10.9 Å². The molecule has 5 aromatic rings. The lowest BCUT2D eigenvalue weighted by Gasteiger charge is -2.09. The lowest BCUT2D eigenvalue weighted by molar-refractivity contribution is 0.483. The quantitative estimate of drug-likeness (QED) is 0.213. The number of anilines is 2. The average molecular weight is 455 g/mol. The number of pyridine rings is 1. The third-order valence-corrected chi connectivity index (χ3v) is 5.17. The number of nitrogens with one attached hydrogen (secondary N) is 3. The van der Waals surface area contributed by atoms with E-state index in [4.69, 9.17) is 4.74 Å². The van der Waals surface area contributed by atoms with Gasteiger partial charge in [0.2, 0.25) is 0 Å². The monoisotopic (exact) mass is 454 g/mol. The molecule has 33 heavy (non-hydrogen) atoms. The molecule has 0 saturated heterocycles. The summed E-state index contributed by atoms with van der Waals surface area (Å²) in [7, 11) is 1.96. The first-order valence-electron chi connectivity index (χ1n) is 10.6. The second-order valence-corrected chi connectivity index (χ2v) is 7.90. The number of hydrogen-bond donors (Lipinski definition) is 4. The van der Waals surface area contributed by atoms with Gasteiger partial charge in [-0.3, -0.25) is 4.98 Å². The molecule has 0 aliphatic rings. The van der Waals surface area contributed by atoms with Gasteiger partial charge >= 0.3 is 0 Å². The first kappa shape index (κ1) is 22.5. The number of fused-ring (bicyclic) bond motifs is 1. The van der Waals surface area contributed by atoms with Crippen LogP contribution in [0.2, 0.25) is 0 Å². The summed E-state index contributed by atoms with van der Waals surface area (Å²) in [6.45, 7) is 0.857. The predicted molar refractivity (Wildman–Crippen MR) is 139 cm³/mol. The molecular weight excluding hydrogens is 428 g/mol. The number of aromatic amines is 1. The standard InChI is InChI=1S/C22H21N3O.C5H5NS/c1-23-14-16-15-24-22-13-18(9-12-21(16)22)25-17-7-10-20(11-8-17)26-19-5-3-2-4-6-19;7-5-2-1-3-6-4-5/h2-13,15,23-25H,14H2,1H3;1-4,7H. The zero-order valence-electron chi connectivity index (χ0n) is 18.3. The third kappa shape index (κ3) is 6.38. The van der Waals surface area contributed by atoms with Crippen LogP contribution in [0.15, 0.2) is 108 Å². The van der Waals surface area contributed by atoms with E-state index in [2.05, 4.69) is 57.6 Å². The molecule has 6 heteroatoms. The topological polar surface area (TPSA) is 62.0 Å². The molecule has 0 spiro atoms. The van der Waals surface area contributed by atoms with E-state index in [0.29, 0.717) is 0 Å². The second-order valence-electron chi connectivity index (χ2n) is 7.38. The summed E-state index contributed by atoms with van der Waals surface area (Å²) in [5.41, 5.74) is 4.47. The van der Waals surface area contributed by atoms with Gasteiger partial charge in [-0.15, -0.1) is 12.6 Å². The number of aromatic nitrogens is 2. The summed E-state index contributed by atoms with van der Waals surface area (Å²) in [6.07, 6.45) is 5.48. The molecule has 2 heterocycles. The number of nitrogens with zero attached hydrogens (tertiary/aromatic N) is 1. The molecule has 0 radical (unpaired) electrons. The number of H-pyrrole nitrogens is 1. The highest BCUT2D eigenvalue weighted by molar-refractivity contribution is 7.80. The predicted octanol–water partition coefficient (Wildman–Crippen LogP) is 6.79. The lowest BCUT2D eigenvalue weighted by Crippen LogP contribution is -2.03. The Morgan fingerprint density at radius 1 is 0.879 bits per heavy atom. The molecule has 0 aliphatic heterocycles. The normalized spacial score (nSPS) is 10.4. The van der Waals surface area contributed by atoms with Gasteiger partial charge in [0.15, 0.2) is 0 Å². The molecule has 0 aliphatic carbocycles. The number of rotatable bonds is 6. The molecule has 0 amide bonds. The highest BCUT2D eigenvalue weighted by Crippen LogP contribution is 2.27. The molecule has 0 unspecified atom stereocenters. The Hall–Kier alpha value is -3.74. The van der Waals surface area contributed by atoms with Crippen LogP contribution in [-0.4, -0.2) is 17.0 Å². The minimum absolute atomic E-state index is 0.818. The molecule has 3 aromatic carbocycles. The maximum atomic E-state index is 5.83. The van der Waals surface area contributed by atoms with E-state index in [0.717, 1.165) is 39.8 Å². The summed E-state index contributed by atoms with van der Waals surface area (Å²) in [4.78, 5) is 8.05. The van der Waals surface area contributed by atoms with E-state index in [1.54, 1.807) is 12.4 Å². The van der Waals surface area contributed by atoms with Crippen LogP contribution in [0.4, 0.5) is 11.4 Å². The van der Waals surface area contributed by atoms with E-state index in [1.807, 2.05) is 73.8 Å². The van der Waals surface area contributed by atoms with Crippen molar-refractivity contribution < 1.29 is 4.74 Å². The molecule has 2 aromatic heterocycles. The summed E-state index contributed by atoms with van der Waals surface area (Å²) >= 11 is 4.02. The molecule has 5 rings (SSSR count). The van der Waals surface area contributed by atoms with E-state index in [9.17, 15) is 0 Å². The molecule has 3 N–H and O–H groups in total. The van der Waals surface area contributed by atoms with Gasteiger partial charge in [0.05, 0.1) is 0 Å². The third-order valence-electron chi connectivity index (χ3n) is 4.90. The molecular formula is C27H26N4OS. The first-order valence-corrected chi connectivity index (χ1v) is 11.1. The molecule has 166 valence electrons. The zero-order valence-corrected chi connectivity index (χ0v) is 19.2.